The first-order valence-corrected chi connectivity index (χ1v) is 9.73. The van der Waals surface area contributed by atoms with Crippen molar-refractivity contribution in [3.05, 3.63) is 46.9 Å². The highest BCUT2D eigenvalue weighted by Crippen LogP contribution is 2.28. The molecular formula is C16H19ClN2O7S. The van der Waals surface area contributed by atoms with E-state index in [1.165, 1.54) is 12.3 Å². The number of anilines is 1. The van der Waals surface area contributed by atoms with Gasteiger partial charge in [0.15, 0.2) is 0 Å². The zero-order valence-electron chi connectivity index (χ0n) is 14.2. The summed E-state index contributed by atoms with van der Waals surface area (Å²) in [5, 5.41) is 16.8. The number of carbonyl (C=O) groups is 1. The fraction of sp³-hybridized carbons (Fsp3) is 0.312. The van der Waals surface area contributed by atoms with Gasteiger partial charge in [0.2, 0.25) is 10.0 Å². The highest BCUT2D eigenvalue weighted by Gasteiger charge is 2.20. The van der Waals surface area contributed by atoms with E-state index in [0.29, 0.717) is 5.76 Å². The van der Waals surface area contributed by atoms with Crippen LogP contribution in [0.2, 0.25) is 5.02 Å². The predicted molar refractivity (Wildman–Crippen MR) is 97.5 cm³/mol. The number of halogens is 1. The molecule has 1 fully saturated rings. The van der Waals surface area contributed by atoms with Gasteiger partial charge in [-0.25, -0.2) is 18.4 Å². The summed E-state index contributed by atoms with van der Waals surface area (Å²) in [6.07, 6.45) is 1.48. The van der Waals surface area contributed by atoms with Crippen molar-refractivity contribution >= 4 is 33.3 Å². The standard InChI is InChI=1S/C12H11ClN2O5S.C4H8O2/c13-9-5-10(15-6-7-2-1-3-20-7)8(12(16)17)4-11(9)21(14,18)19;1-2-6-4-3-5-1/h1-5,15H,6H2,(H,16,17)(H2,14,18,19);1-4H2. The third-order valence-corrected chi connectivity index (χ3v) is 4.76. The van der Waals surface area contributed by atoms with Crippen LogP contribution in [-0.2, 0) is 26.0 Å². The van der Waals surface area contributed by atoms with E-state index >= 15 is 0 Å². The maximum Gasteiger partial charge on any atom is 0.337 e. The molecule has 1 aliphatic heterocycles. The van der Waals surface area contributed by atoms with Gasteiger partial charge in [-0.2, -0.15) is 0 Å². The molecule has 1 aromatic carbocycles. The largest absolute Gasteiger partial charge is 0.478 e. The molecular weight excluding hydrogens is 400 g/mol. The number of rotatable bonds is 5. The van der Waals surface area contributed by atoms with Gasteiger partial charge in [-0.1, -0.05) is 11.6 Å². The second-order valence-corrected chi connectivity index (χ2v) is 7.27. The van der Waals surface area contributed by atoms with Crippen LogP contribution >= 0.6 is 11.6 Å². The predicted octanol–water partition coefficient (Wildman–Crippen LogP) is 1.92. The number of ether oxygens (including phenoxy) is 2. The van der Waals surface area contributed by atoms with Gasteiger partial charge >= 0.3 is 5.97 Å². The first-order valence-electron chi connectivity index (χ1n) is 7.80. The van der Waals surface area contributed by atoms with Crippen molar-refractivity contribution in [2.24, 2.45) is 5.14 Å². The molecule has 3 rings (SSSR count). The number of hydrogen-bond acceptors (Lipinski definition) is 7. The number of primary sulfonamides is 1. The van der Waals surface area contributed by atoms with Crippen LogP contribution in [0.5, 0.6) is 0 Å². The van der Waals surface area contributed by atoms with Crippen molar-refractivity contribution in [1.82, 2.24) is 0 Å². The molecule has 1 saturated heterocycles. The molecule has 0 atom stereocenters. The van der Waals surface area contributed by atoms with Crippen LogP contribution in [0, 0.1) is 0 Å². The Morgan fingerprint density at radius 3 is 2.30 bits per heavy atom. The maximum absolute atomic E-state index is 11.3. The average Bonchev–Trinajstić information content (AvgIpc) is 3.14. The number of carboxylic acid groups (broad SMARTS) is 1. The number of carboxylic acids is 1. The van der Waals surface area contributed by atoms with Crippen LogP contribution in [-0.4, -0.2) is 45.9 Å². The molecule has 9 nitrogen and oxygen atoms in total. The summed E-state index contributed by atoms with van der Waals surface area (Å²) in [5.41, 5.74) is -0.0914. The first kappa shape index (κ1) is 21.2. The lowest BCUT2D eigenvalue weighted by molar-refractivity contribution is -0.0334. The minimum absolute atomic E-state index is 0.163. The van der Waals surface area contributed by atoms with Crippen molar-refractivity contribution in [2.45, 2.75) is 11.4 Å². The zero-order chi connectivity index (χ0) is 19.9. The van der Waals surface area contributed by atoms with Gasteiger partial charge in [-0.15, -0.1) is 0 Å². The van der Waals surface area contributed by atoms with Gasteiger partial charge in [0.25, 0.3) is 0 Å². The summed E-state index contributed by atoms with van der Waals surface area (Å²) in [7, 11) is -4.11. The summed E-state index contributed by atoms with van der Waals surface area (Å²) in [6, 6.07) is 5.51. The van der Waals surface area contributed by atoms with Crippen molar-refractivity contribution < 1.29 is 32.2 Å². The molecule has 148 valence electrons. The number of furan rings is 1. The highest BCUT2D eigenvalue weighted by molar-refractivity contribution is 7.89. The quantitative estimate of drug-likeness (QED) is 0.668. The van der Waals surface area contributed by atoms with E-state index in [-0.39, 0.29) is 22.8 Å². The fourth-order valence-corrected chi connectivity index (χ4v) is 3.23. The van der Waals surface area contributed by atoms with Gasteiger partial charge in [0.1, 0.15) is 10.7 Å². The van der Waals surface area contributed by atoms with Gasteiger partial charge in [0.05, 0.1) is 55.5 Å². The Labute approximate surface area is 161 Å². The van der Waals surface area contributed by atoms with Gasteiger partial charge in [-0.3, -0.25) is 0 Å². The van der Waals surface area contributed by atoms with Crippen LogP contribution in [0.1, 0.15) is 16.1 Å². The smallest absolute Gasteiger partial charge is 0.337 e. The molecule has 0 amide bonds. The van der Waals surface area contributed by atoms with Crippen LogP contribution < -0.4 is 10.5 Å². The van der Waals surface area contributed by atoms with E-state index in [9.17, 15) is 13.2 Å². The number of nitrogens with one attached hydrogen (secondary N) is 1. The lowest BCUT2D eigenvalue weighted by Gasteiger charge is -2.11. The summed E-state index contributed by atoms with van der Waals surface area (Å²) in [5.74, 6) is -0.725. The second-order valence-electron chi connectivity index (χ2n) is 5.34. The number of nitrogens with two attached hydrogens (primary N) is 1. The molecule has 4 N–H and O–H groups in total. The SMILES string of the molecule is C1COCCO1.NS(=O)(=O)c1cc(C(=O)O)c(NCc2ccco2)cc1Cl. The molecule has 1 aliphatic rings. The molecule has 0 radical (unpaired) electrons. The topological polar surface area (TPSA) is 141 Å². The molecule has 0 unspecified atom stereocenters. The zero-order valence-corrected chi connectivity index (χ0v) is 15.8. The molecule has 11 heteroatoms. The average molecular weight is 419 g/mol. The molecule has 1 aromatic heterocycles. The maximum atomic E-state index is 11.3. The molecule has 0 spiro atoms. The highest BCUT2D eigenvalue weighted by atomic mass is 35.5. The molecule has 2 heterocycles. The van der Waals surface area contributed by atoms with E-state index in [4.69, 9.17) is 35.7 Å². The van der Waals surface area contributed by atoms with Crippen molar-refractivity contribution in [3.8, 4) is 0 Å². The third-order valence-electron chi connectivity index (χ3n) is 3.39. The molecule has 27 heavy (non-hydrogen) atoms. The van der Waals surface area contributed by atoms with E-state index in [2.05, 4.69) is 5.32 Å². The molecule has 2 aromatic rings. The Kier molecular flexibility index (Phi) is 7.63. The van der Waals surface area contributed by atoms with Crippen molar-refractivity contribution in [2.75, 3.05) is 31.7 Å². The lowest BCUT2D eigenvalue weighted by atomic mass is 10.1. The Hall–Kier alpha value is -2.11. The van der Waals surface area contributed by atoms with Crippen LogP contribution in [0.25, 0.3) is 0 Å². The summed E-state index contributed by atoms with van der Waals surface area (Å²) < 4.78 is 37.7. The van der Waals surface area contributed by atoms with E-state index in [0.717, 1.165) is 32.5 Å². The minimum atomic E-state index is -4.11. The first-order chi connectivity index (χ1) is 12.8. The monoisotopic (exact) mass is 418 g/mol. The summed E-state index contributed by atoms with van der Waals surface area (Å²) >= 11 is 5.84. The Morgan fingerprint density at radius 1 is 1.22 bits per heavy atom. The second kappa shape index (κ2) is 9.72. The Balaban J connectivity index is 0.000000369. The summed E-state index contributed by atoms with van der Waals surface area (Å²) in [6.45, 7) is 3.33. The van der Waals surface area contributed by atoms with Gasteiger partial charge < -0.3 is 24.3 Å². The molecule has 0 bridgehead atoms. The third kappa shape index (κ3) is 6.52. The Bertz CT molecular complexity index is 854. The van der Waals surface area contributed by atoms with Crippen molar-refractivity contribution in [3.63, 3.8) is 0 Å². The number of sulfonamides is 1. The summed E-state index contributed by atoms with van der Waals surface area (Å²) in [4.78, 5) is 10.8. The number of benzene rings is 1. The Morgan fingerprint density at radius 2 is 1.85 bits per heavy atom. The van der Waals surface area contributed by atoms with Crippen LogP contribution in [0.15, 0.2) is 39.8 Å². The number of hydrogen-bond donors (Lipinski definition) is 3. The van der Waals surface area contributed by atoms with E-state index < -0.39 is 20.9 Å². The molecule has 0 saturated carbocycles. The van der Waals surface area contributed by atoms with Gasteiger partial charge in [-0.05, 0) is 24.3 Å². The van der Waals surface area contributed by atoms with E-state index in [1.807, 2.05) is 0 Å². The van der Waals surface area contributed by atoms with Crippen LogP contribution in [0.4, 0.5) is 5.69 Å². The van der Waals surface area contributed by atoms with E-state index in [1.54, 1.807) is 12.1 Å². The lowest BCUT2D eigenvalue weighted by Crippen LogP contribution is -2.16. The number of aromatic carboxylic acids is 1. The normalized spacial score (nSPS) is 14.1. The van der Waals surface area contributed by atoms with Crippen LogP contribution in [0.3, 0.4) is 0 Å². The van der Waals surface area contributed by atoms with Gasteiger partial charge in [0, 0.05) is 0 Å². The molecule has 0 aliphatic carbocycles. The minimum Gasteiger partial charge on any atom is -0.478 e. The fourth-order valence-electron chi connectivity index (χ4n) is 2.13. The van der Waals surface area contributed by atoms with Crippen molar-refractivity contribution in [1.29, 1.82) is 0 Å².